The van der Waals surface area contributed by atoms with Gasteiger partial charge in [0.05, 0.1) is 5.69 Å². The second kappa shape index (κ2) is 8.15. The molecule has 0 spiro atoms. The van der Waals surface area contributed by atoms with Gasteiger partial charge >= 0.3 is 12.0 Å². The van der Waals surface area contributed by atoms with Gasteiger partial charge in [-0.15, -0.1) is 0 Å². The number of aryl methyl sites for hydroxylation is 1. The Morgan fingerprint density at radius 1 is 1.08 bits per heavy atom. The lowest BCUT2D eigenvalue weighted by Crippen LogP contribution is -2.48. The van der Waals surface area contributed by atoms with Crippen LogP contribution in [0.4, 0.5) is 16.2 Å². The van der Waals surface area contributed by atoms with Crippen molar-refractivity contribution in [3.63, 3.8) is 0 Å². The maximum atomic E-state index is 13.1. The first-order valence-electron chi connectivity index (χ1n) is 7.96. The summed E-state index contributed by atoms with van der Waals surface area (Å²) >= 11 is 0. The molecule has 2 aromatic carbocycles. The van der Waals surface area contributed by atoms with E-state index >= 15 is 0 Å². The Labute approximate surface area is 148 Å². The summed E-state index contributed by atoms with van der Waals surface area (Å²) in [6, 6.07) is 16.4. The van der Waals surface area contributed by atoms with E-state index in [0.29, 0.717) is 5.69 Å². The minimum atomic E-state index is -0.787. The number of amides is 2. The monoisotopic (exact) mass is 338 g/mol. The van der Waals surface area contributed by atoms with E-state index in [9.17, 15) is 9.59 Å². The fourth-order valence-corrected chi connectivity index (χ4v) is 2.48. The SMILES string of the molecule is C=CC(=O)OC(C)N(C(=O)N(C)c1ccccc1)c1ccccc1C. The number of carbonyl (C=O) groups excluding carboxylic acids is 2. The Morgan fingerprint density at radius 2 is 1.68 bits per heavy atom. The number of rotatable bonds is 5. The molecule has 5 nitrogen and oxygen atoms in total. The Kier molecular flexibility index (Phi) is 5.95. The van der Waals surface area contributed by atoms with Crippen LogP contribution < -0.4 is 9.80 Å². The van der Waals surface area contributed by atoms with Gasteiger partial charge in [-0.25, -0.2) is 9.59 Å². The third-order valence-corrected chi connectivity index (χ3v) is 3.83. The zero-order valence-electron chi connectivity index (χ0n) is 14.7. The number of anilines is 2. The van der Waals surface area contributed by atoms with Crippen LogP contribution in [0.5, 0.6) is 0 Å². The molecule has 0 aliphatic heterocycles. The van der Waals surface area contributed by atoms with Crippen LogP contribution in [-0.2, 0) is 9.53 Å². The molecule has 0 saturated heterocycles. The Morgan fingerprint density at radius 3 is 2.28 bits per heavy atom. The van der Waals surface area contributed by atoms with E-state index in [4.69, 9.17) is 4.74 Å². The number of carbonyl (C=O) groups is 2. The molecule has 0 aromatic heterocycles. The van der Waals surface area contributed by atoms with Crippen molar-refractivity contribution in [3.05, 3.63) is 72.8 Å². The molecule has 2 aromatic rings. The fraction of sp³-hybridized carbons (Fsp3) is 0.200. The number of nitrogens with zero attached hydrogens (tertiary/aromatic N) is 2. The van der Waals surface area contributed by atoms with Crippen molar-refractivity contribution in [2.75, 3.05) is 16.8 Å². The molecule has 0 aliphatic rings. The van der Waals surface area contributed by atoms with E-state index < -0.39 is 12.2 Å². The first-order valence-corrected chi connectivity index (χ1v) is 7.96. The van der Waals surface area contributed by atoms with E-state index in [1.807, 2.05) is 61.5 Å². The van der Waals surface area contributed by atoms with E-state index in [0.717, 1.165) is 17.3 Å². The van der Waals surface area contributed by atoms with Gasteiger partial charge in [0.25, 0.3) is 0 Å². The second-order valence-corrected chi connectivity index (χ2v) is 5.57. The van der Waals surface area contributed by atoms with Gasteiger partial charge in [-0.1, -0.05) is 43.0 Å². The van der Waals surface area contributed by atoms with Crippen molar-refractivity contribution in [3.8, 4) is 0 Å². The van der Waals surface area contributed by atoms with Crippen molar-refractivity contribution in [1.29, 1.82) is 0 Å². The minimum absolute atomic E-state index is 0.301. The molecule has 2 rings (SSSR count). The van der Waals surface area contributed by atoms with Gasteiger partial charge in [-0.05, 0) is 37.6 Å². The van der Waals surface area contributed by atoms with Crippen molar-refractivity contribution in [2.24, 2.45) is 0 Å². The van der Waals surface area contributed by atoms with E-state index in [-0.39, 0.29) is 6.03 Å². The van der Waals surface area contributed by atoms with Gasteiger partial charge in [0.1, 0.15) is 0 Å². The van der Waals surface area contributed by atoms with Crippen LogP contribution in [0.1, 0.15) is 12.5 Å². The zero-order chi connectivity index (χ0) is 18.4. The maximum absolute atomic E-state index is 13.1. The van der Waals surface area contributed by atoms with Gasteiger partial charge in [-0.3, -0.25) is 9.80 Å². The predicted octanol–water partition coefficient (Wildman–Crippen LogP) is 4.13. The summed E-state index contributed by atoms with van der Waals surface area (Å²) in [5.41, 5.74) is 2.33. The first-order chi connectivity index (χ1) is 12.0. The molecule has 0 heterocycles. The fourth-order valence-electron chi connectivity index (χ4n) is 2.48. The second-order valence-electron chi connectivity index (χ2n) is 5.57. The minimum Gasteiger partial charge on any atom is -0.438 e. The molecule has 0 fully saturated rings. The topological polar surface area (TPSA) is 49.9 Å². The molecule has 2 amide bonds. The number of esters is 1. The standard InChI is InChI=1S/C20H22N2O3/c1-5-19(23)25-16(3)22(18-14-10-9-11-15(18)2)20(24)21(4)17-12-7-6-8-13-17/h5-14,16H,1H2,2-4H3. The van der Waals surface area contributed by atoms with E-state index in [1.165, 1.54) is 9.80 Å². The summed E-state index contributed by atoms with van der Waals surface area (Å²) < 4.78 is 5.30. The van der Waals surface area contributed by atoms with Crippen LogP contribution in [0.2, 0.25) is 0 Å². The molecule has 25 heavy (non-hydrogen) atoms. The van der Waals surface area contributed by atoms with Crippen molar-refractivity contribution >= 4 is 23.4 Å². The Hall–Kier alpha value is -3.08. The summed E-state index contributed by atoms with van der Waals surface area (Å²) in [7, 11) is 1.69. The molecule has 1 atom stereocenters. The highest BCUT2D eigenvalue weighted by molar-refractivity contribution is 6.04. The maximum Gasteiger partial charge on any atom is 0.332 e. The van der Waals surface area contributed by atoms with Gasteiger partial charge in [0, 0.05) is 18.8 Å². The molecule has 5 heteroatoms. The molecule has 0 bridgehead atoms. The number of para-hydroxylation sites is 2. The first kappa shape index (κ1) is 18.3. The molecule has 130 valence electrons. The lowest BCUT2D eigenvalue weighted by atomic mass is 10.2. The van der Waals surface area contributed by atoms with Crippen LogP contribution in [0.15, 0.2) is 67.3 Å². The van der Waals surface area contributed by atoms with Gasteiger partial charge in [-0.2, -0.15) is 0 Å². The number of urea groups is 1. The average molecular weight is 338 g/mol. The smallest absolute Gasteiger partial charge is 0.332 e. The molecular formula is C20H22N2O3. The predicted molar refractivity (Wildman–Crippen MR) is 99.7 cm³/mol. The molecule has 0 aliphatic carbocycles. The Bertz CT molecular complexity index is 759. The highest BCUT2D eigenvalue weighted by atomic mass is 16.6. The van der Waals surface area contributed by atoms with Gasteiger partial charge in [0.2, 0.25) is 0 Å². The summed E-state index contributed by atoms with van der Waals surface area (Å²) in [6.07, 6.45) is 0.294. The largest absolute Gasteiger partial charge is 0.438 e. The van der Waals surface area contributed by atoms with Crippen LogP contribution in [-0.4, -0.2) is 25.3 Å². The normalized spacial score (nSPS) is 11.3. The summed E-state index contributed by atoms with van der Waals surface area (Å²) in [5.74, 6) is -0.582. The van der Waals surface area contributed by atoms with Gasteiger partial charge < -0.3 is 4.74 Å². The average Bonchev–Trinajstić information content (AvgIpc) is 2.63. The lowest BCUT2D eigenvalue weighted by Gasteiger charge is -2.33. The van der Waals surface area contributed by atoms with Crippen LogP contribution in [0.25, 0.3) is 0 Å². The zero-order valence-corrected chi connectivity index (χ0v) is 14.7. The molecule has 0 N–H and O–H groups in total. The molecule has 0 radical (unpaired) electrons. The van der Waals surface area contributed by atoms with E-state index in [2.05, 4.69) is 6.58 Å². The number of hydrogen-bond acceptors (Lipinski definition) is 3. The van der Waals surface area contributed by atoms with Crippen molar-refractivity contribution in [1.82, 2.24) is 0 Å². The van der Waals surface area contributed by atoms with Crippen molar-refractivity contribution < 1.29 is 14.3 Å². The highest BCUT2D eigenvalue weighted by Gasteiger charge is 2.28. The van der Waals surface area contributed by atoms with Crippen LogP contribution >= 0.6 is 0 Å². The highest BCUT2D eigenvalue weighted by Crippen LogP contribution is 2.25. The third-order valence-electron chi connectivity index (χ3n) is 3.83. The van der Waals surface area contributed by atoms with Gasteiger partial charge in [0.15, 0.2) is 6.23 Å². The summed E-state index contributed by atoms with van der Waals surface area (Å²) in [5, 5.41) is 0. The summed E-state index contributed by atoms with van der Waals surface area (Å²) in [6.45, 7) is 6.96. The number of ether oxygens (including phenoxy) is 1. The van der Waals surface area contributed by atoms with E-state index in [1.54, 1.807) is 14.0 Å². The van der Waals surface area contributed by atoms with Crippen LogP contribution in [0.3, 0.4) is 0 Å². The number of benzene rings is 2. The molecular weight excluding hydrogens is 316 g/mol. The molecule has 0 saturated carbocycles. The number of hydrogen-bond donors (Lipinski definition) is 0. The Balaban J connectivity index is 2.40. The van der Waals surface area contributed by atoms with Crippen LogP contribution in [0, 0.1) is 6.92 Å². The van der Waals surface area contributed by atoms with Crippen molar-refractivity contribution in [2.45, 2.75) is 20.1 Å². The lowest BCUT2D eigenvalue weighted by molar-refractivity contribution is -0.141. The summed E-state index contributed by atoms with van der Waals surface area (Å²) in [4.78, 5) is 27.7. The molecule has 1 unspecified atom stereocenters. The third kappa shape index (κ3) is 4.26. The quantitative estimate of drug-likeness (QED) is 0.468.